The smallest absolute Gasteiger partial charge is 0.545 e. The summed E-state index contributed by atoms with van der Waals surface area (Å²) in [5.41, 5.74) is 0.964. The quantitative estimate of drug-likeness (QED) is 0.475. The molecule has 1 aromatic rings. The van der Waals surface area contributed by atoms with Gasteiger partial charge in [-0.2, -0.15) is 0 Å². The van der Waals surface area contributed by atoms with E-state index in [1.165, 1.54) is 0 Å². The van der Waals surface area contributed by atoms with Crippen LogP contribution in [0.5, 0.6) is 5.75 Å². The van der Waals surface area contributed by atoms with Crippen molar-refractivity contribution < 1.29 is 66.0 Å². The van der Waals surface area contributed by atoms with Crippen LogP contribution < -0.4 is 61.2 Å². The van der Waals surface area contributed by atoms with Crippen molar-refractivity contribution in [1.29, 1.82) is 0 Å². The second-order valence-corrected chi connectivity index (χ2v) is 2.78. The Morgan fingerprint density at radius 2 is 2.07 bits per heavy atom. The molecule has 0 bridgehead atoms. The zero-order chi connectivity index (χ0) is 9.26. The maximum Gasteiger partial charge on any atom is 1.00 e. The monoisotopic (exact) mass is 214 g/mol. The van der Waals surface area contributed by atoms with E-state index in [1.54, 1.807) is 18.2 Å². The Hall–Kier alpha value is -0.134. The second-order valence-electron chi connectivity index (χ2n) is 2.78. The van der Waals surface area contributed by atoms with Crippen molar-refractivity contribution in [2.75, 3.05) is 6.61 Å². The minimum absolute atomic E-state index is 0. The van der Waals surface area contributed by atoms with Gasteiger partial charge in [-0.15, -0.1) is 0 Å². The largest absolute Gasteiger partial charge is 1.00 e. The minimum Gasteiger partial charge on any atom is -0.545 e. The third-order valence-electron chi connectivity index (χ3n) is 1.89. The molecule has 0 aromatic heterocycles. The number of hydrogen-bond acceptors (Lipinski definition) is 3. The standard InChI is InChI=1S/C10H8O3.K/c11-10(12)8-5-7-3-1-2-4-9(7)13-6-8;/h1-5H,6H2,(H,11,12);/q;+1/p-1. The fourth-order valence-corrected chi connectivity index (χ4v) is 1.23. The van der Waals surface area contributed by atoms with E-state index in [0.717, 1.165) is 5.56 Å². The molecule has 0 aliphatic carbocycles. The van der Waals surface area contributed by atoms with Gasteiger partial charge in [0.1, 0.15) is 12.4 Å². The molecular weight excluding hydrogens is 207 g/mol. The number of hydrogen-bond donors (Lipinski definition) is 0. The van der Waals surface area contributed by atoms with Gasteiger partial charge in [0.2, 0.25) is 0 Å². The molecular formula is C10H7KO3. The van der Waals surface area contributed by atoms with Gasteiger partial charge in [0.25, 0.3) is 0 Å². The van der Waals surface area contributed by atoms with E-state index in [0.29, 0.717) is 5.75 Å². The Labute approximate surface area is 124 Å². The van der Waals surface area contributed by atoms with Gasteiger partial charge in [-0.25, -0.2) is 0 Å². The van der Waals surface area contributed by atoms with Crippen molar-refractivity contribution in [3.63, 3.8) is 0 Å². The predicted molar refractivity (Wildman–Crippen MR) is 44.9 cm³/mol. The SMILES string of the molecule is O=C([O-])C1=Cc2ccccc2OC1.[K+]. The van der Waals surface area contributed by atoms with Gasteiger partial charge >= 0.3 is 51.4 Å². The van der Waals surface area contributed by atoms with Crippen molar-refractivity contribution in [2.45, 2.75) is 0 Å². The summed E-state index contributed by atoms with van der Waals surface area (Å²) in [6.07, 6.45) is 1.58. The molecule has 1 heterocycles. The summed E-state index contributed by atoms with van der Waals surface area (Å²) in [5, 5.41) is 10.5. The number of benzene rings is 1. The molecule has 0 radical (unpaired) electrons. The van der Waals surface area contributed by atoms with Crippen LogP contribution in [0.1, 0.15) is 5.56 Å². The molecule has 0 saturated carbocycles. The molecule has 0 atom stereocenters. The molecule has 1 aromatic carbocycles. The van der Waals surface area contributed by atoms with Crippen molar-refractivity contribution >= 4 is 12.0 Å². The van der Waals surface area contributed by atoms with Crippen LogP contribution in [0.2, 0.25) is 0 Å². The van der Waals surface area contributed by atoms with E-state index in [4.69, 9.17) is 4.74 Å². The maximum absolute atomic E-state index is 10.5. The Kier molecular flexibility index (Phi) is 4.34. The second kappa shape index (κ2) is 5.09. The van der Waals surface area contributed by atoms with Gasteiger partial charge in [0.05, 0.1) is 5.97 Å². The van der Waals surface area contributed by atoms with Crippen LogP contribution in [0.4, 0.5) is 0 Å². The van der Waals surface area contributed by atoms with Crippen molar-refractivity contribution in [1.82, 2.24) is 0 Å². The van der Waals surface area contributed by atoms with E-state index in [2.05, 4.69) is 0 Å². The Morgan fingerprint density at radius 1 is 1.36 bits per heavy atom. The fraction of sp³-hybridized carbons (Fsp3) is 0.100. The Bertz CT molecular complexity index is 385. The normalized spacial score (nSPS) is 13.0. The number of ether oxygens (including phenoxy) is 1. The third-order valence-corrected chi connectivity index (χ3v) is 1.89. The molecule has 3 nitrogen and oxygen atoms in total. The van der Waals surface area contributed by atoms with Gasteiger partial charge < -0.3 is 14.6 Å². The number of carboxylic acid groups (broad SMARTS) is 1. The molecule has 14 heavy (non-hydrogen) atoms. The van der Waals surface area contributed by atoms with Crippen LogP contribution >= 0.6 is 0 Å². The minimum atomic E-state index is -1.17. The molecule has 0 N–H and O–H groups in total. The van der Waals surface area contributed by atoms with Gasteiger partial charge in [-0.05, 0) is 12.1 Å². The summed E-state index contributed by atoms with van der Waals surface area (Å²) in [6.45, 7) is 0.0827. The molecule has 0 saturated heterocycles. The maximum atomic E-state index is 10.5. The van der Waals surface area contributed by atoms with Gasteiger partial charge in [-0.1, -0.05) is 18.2 Å². The van der Waals surface area contributed by atoms with Crippen molar-refractivity contribution in [3.05, 3.63) is 35.4 Å². The number of fused-ring (bicyclic) bond motifs is 1. The number of carbonyl (C=O) groups is 1. The van der Waals surface area contributed by atoms with Gasteiger partial charge in [0, 0.05) is 11.1 Å². The molecule has 2 rings (SSSR count). The zero-order valence-electron chi connectivity index (χ0n) is 7.82. The average molecular weight is 214 g/mol. The first-order valence-electron chi connectivity index (χ1n) is 3.91. The summed E-state index contributed by atoms with van der Waals surface area (Å²) >= 11 is 0. The molecule has 0 fully saturated rings. The summed E-state index contributed by atoms with van der Waals surface area (Å²) in [4.78, 5) is 10.5. The predicted octanol–water partition coefficient (Wildman–Crippen LogP) is -2.78. The van der Waals surface area contributed by atoms with E-state index < -0.39 is 5.97 Å². The Balaban J connectivity index is 0.000000980. The van der Waals surface area contributed by atoms with Crippen LogP contribution in [-0.4, -0.2) is 12.6 Å². The summed E-state index contributed by atoms with van der Waals surface area (Å²) in [5.74, 6) is -0.456. The van der Waals surface area contributed by atoms with E-state index in [9.17, 15) is 9.90 Å². The summed E-state index contributed by atoms with van der Waals surface area (Å²) in [6, 6.07) is 7.28. The summed E-state index contributed by atoms with van der Waals surface area (Å²) < 4.78 is 5.21. The molecule has 0 amide bonds. The fourth-order valence-electron chi connectivity index (χ4n) is 1.23. The van der Waals surface area contributed by atoms with Crippen LogP contribution in [0.15, 0.2) is 29.8 Å². The molecule has 1 aliphatic heterocycles. The number of carbonyl (C=O) groups excluding carboxylic acids is 1. The van der Waals surface area contributed by atoms with Gasteiger partial charge in [0.15, 0.2) is 0 Å². The van der Waals surface area contributed by atoms with Gasteiger partial charge in [-0.3, -0.25) is 0 Å². The molecule has 1 aliphatic rings. The van der Waals surface area contributed by atoms with Crippen LogP contribution in [0.3, 0.4) is 0 Å². The number of para-hydroxylation sites is 1. The molecule has 4 heteroatoms. The first-order chi connectivity index (χ1) is 6.27. The first kappa shape index (κ1) is 11.9. The first-order valence-corrected chi connectivity index (χ1v) is 3.91. The van der Waals surface area contributed by atoms with E-state index in [1.807, 2.05) is 12.1 Å². The van der Waals surface area contributed by atoms with Crippen LogP contribution in [0, 0.1) is 0 Å². The number of carboxylic acids is 1. The zero-order valence-corrected chi connectivity index (χ0v) is 10.9. The van der Waals surface area contributed by atoms with E-state index in [-0.39, 0.29) is 63.6 Å². The summed E-state index contributed by atoms with van der Waals surface area (Å²) in [7, 11) is 0. The third kappa shape index (κ3) is 2.46. The van der Waals surface area contributed by atoms with Crippen molar-refractivity contribution in [3.8, 4) is 5.75 Å². The Morgan fingerprint density at radius 3 is 2.79 bits per heavy atom. The van der Waals surface area contributed by atoms with Crippen molar-refractivity contribution in [2.24, 2.45) is 0 Å². The van der Waals surface area contributed by atoms with E-state index >= 15 is 0 Å². The number of rotatable bonds is 1. The topological polar surface area (TPSA) is 49.4 Å². The molecule has 66 valence electrons. The molecule has 0 spiro atoms. The molecule has 0 unspecified atom stereocenters. The number of aliphatic carboxylic acids is 1. The average Bonchev–Trinajstić information content (AvgIpc) is 2.17. The van der Waals surface area contributed by atoms with Crippen LogP contribution in [-0.2, 0) is 4.79 Å². The van der Waals surface area contributed by atoms with Crippen LogP contribution in [0.25, 0.3) is 6.08 Å².